The number of amides is 4. The fraction of sp³-hybridized carbons (Fsp3) is 0.547. The van der Waals surface area contributed by atoms with Crippen LogP contribution in [0.25, 0.3) is 0 Å². The van der Waals surface area contributed by atoms with Gasteiger partial charge >= 0.3 is 11.9 Å². The second kappa shape index (κ2) is 27.5. The third kappa shape index (κ3) is 18.2. The number of carbonyl (C=O) groups excluding carboxylic acids is 6. The number of methoxy groups -OCH3 is 2. The van der Waals surface area contributed by atoms with Gasteiger partial charge in [-0.2, -0.15) is 0 Å². The Bertz CT molecular complexity index is 2210. The van der Waals surface area contributed by atoms with Gasteiger partial charge in [0.15, 0.2) is 0 Å². The first kappa shape index (κ1) is 57.5. The number of esters is 2. The number of nitrogens with one attached hydrogen (secondary N) is 2. The minimum Gasteiger partial charge on any atom is -0.508 e. The normalized spacial score (nSPS) is 18.7. The van der Waals surface area contributed by atoms with Crippen LogP contribution >= 0.6 is 0 Å². The van der Waals surface area contributed by atoms with Crippen LogP contribution in [0.4, 0.5) is 0 Å². The van der Waals surface area contributed by atoms with Crippen LogP contribution in [0.5, 0.6) is 11.5 Å². The molecule has 0 saturated carbocycles. The predicted octanol–water partition coefficient (Wildman–Crippen LogP) is 4.24. The van der Waals surface area contributed by atoms with Crippen molar-refractivity contribution in [1.82, 2.24) is 20.4 Å². The number of ether oxygens (including phenoxy) is 5. The number of nitrogens with zero attached hydrogens (tertiary/aromatic N) is 2. The molecule has 18 nitrogen and oxygen atoms in total. The number of phenolic OH excluding ortho intramolecular Hbond substituents is 2. The summed E-state index contributed by atoms with van der Waals surface area (Å²) in [7, 11) is 2.56. The molecule has 2 heterocycles. The van der Waals surface area contributed by atoms with Crippen molar-refractivity contribution < 1.29 is 67.8 Å². The predicted molar refractivity (Wildman–Crippen MR) is 263 cm³/mol. The number of likely N-dealkylation sites (tertiary alicyclic amines) is 2. The molecule has 2 aliphatic rings. The molecule has 18 heteroatoms. The molecule has 71 heavy (non-hydrogen) atoms. The summed E-state index contributed by atoms with van der Waals surface area (Å²) in [5, 5.41) is 33.9. The van der Waals surface area contributed by atoms with E-state index in [-0.39, 0.29) is 86.3 Å². The van der Waals surface area contributed by atoms with Crippen molar-refractivity contribution in [2.24, 2.45) is 10.8 Å². The van der Waals surface area contributed by atoms with Crippen LogP contribution in [0.2, 0.25) is 0 Å². The number of aliphatic hydroxyl groups excluding tert-OH is 1. The van der Waals surface area contributed by atoms with Crippen molar-refractivity contribution in [3.63, 3.8) is 0 Å². The van der Waals surface area contributed by atoms with Gasteiger partial charge in [0.05, 0.1) is 45.9 Å². The molecule has 0 aliphatic carbocycles. The highest BCUT2D eigenvalue weighted by Gasteiger charge is 2.47. The zero-order valence-corrected chi connectivity index (χ0v) is 42.4. The van der Waals surface area contributed by atoms with Crippen molar-refractivity contribution in [2.75, 3.05) is 53.7 Å². The number of rotatable bonds is 21. The molecular weight excluding hydrogens is 917 g/mol. The lowest BCUT2D eigenvalue weighted by atomic mass is 9.85. The molecule has 390 valence electrons. The molecule has 0 spiro atoms. The molecule has 5 rings (SSSR count). The molecule has 2 saturated heterocycles. The van der Waals surface area contributed by atoms with Crippen LogP contribution in [0.1, 0.15) is 83.9 Å². The van der Waals surface area contributed by atoms with Crippen molar-refractivity contribution >= 4 is 35.6 Å². The summed E-state index contributed by atoms with van der Waals surface area (Å²) in [6, 6.07) is 19.4. The number of hydrogen-bond acceptors (Lipinski definition) is 14. The molecule has 4 amide bonds. The van der Waals surface area contributed by atoms with E-state index in [9.17, 15) is 39.0 Å². The molecule has 0 unspecified atom stereocenters. The maximum atomic E-state index is 13.7. The smallest absolute Gasteiger partial charge is 0.328 e. The Balaban J connectivity index is 0.000000315. The van der Waals surface area contributed by atoms with Gasteiger partial charge in [-0.3, -0.25) is 19.2 Å². The Morgan fingerprint density at radius 2 is 1.03 bits per heavy atom. The quantitative estimate of drug-likeness (QED) is 0.0742. The van der Waals surface area contributed by atoms with Crippen molar-refractivity contribution in [3.8, 4) is 11.5 Å². The molecule has 0 aromatic heterocycles. The lowest BCUT2D eigenvalue weighted by Crippen LogP contribution is -2.57. The largest absolute Gasteiger partial charge is 0.508 e. The highest BCUT2D eigenvalue weighted by molar-refractivity contribution is 5.93. The lowest BCUT2D eigenvalue weighted by molar-refractivity contribution is -0.153. The monoisotopic (exact) mass is 991 g/mol. The van der Waals surface area contributed by atoms with E-state index in [1.807, 2.05) is 71.9 Å². The van der Waals surface area contributed by atoms with Crippen LogP contribution in [0.15, 0.2) is 78.9 Å². The first-order chi connectivity index (χ1) is 33.6. The van der Waals surface area contributed by atoms with Gasteiger partial charge in [0.2, 0.25) is 23.6 Å². The van der Waals surface area contributed by atoms with E-state index in [0.29, 0.717) is 56.8 Å². The molecule has 5 N–H and O–H groups in total. The van der Waals surface area contributed by atoms with Crippen LogP contribution < -0.4 is 10.6 Å². The number of benzene rings is 3. The Morgan fingerprint density at radius 3 is 1.42 bits per heavy atom. The van der Waals surface area contributed by atoms with Gasteiger partial charge in [0, 0.05) is 52.4 Å². The summed E-state index contributed by atoms with van der Waals surface area (Å²) in [5.74, 6) is -2.39. The SMILES string of the molecule is COC(=O)[C@@H]1C[C@@H](OCCCO)CN1C(=O)[C@@H](NC(=O)Cc1cccc(O)c1)C(C)(C)C.COC(=O)[C@@H]1C[C@@H](OCCCOCc2ccccc2)CN1C(=O)[C@@H](NC(=O)Cc1cccc(O)c1)C(C)(C)C. The zero-order chi connectivity index (χ0) is 52.3. The van der Waals surface area contributed by atoms with Crippen molar-refractivity contribution in [1.29, 1.82) is 0 Å². The van der Waals surface area contributed by atoms with Gasteiger partial charge in [-0.05, 0) is 64.6 Å². The molecule has 3 aromatic rings. The average Bonchev–Trinajstić information content (AvgIpc) is 3.95. The van der Waals surface area contributed by atoms with Crippen molar-refractivity contribution in [2.45, 2.75) is 123 Å². The number of aliphatic hydroxyl groups is 1. The van der Waals surface area contributed by atoms with Gasteiger partial charge < -0.3 is 59.4 Å². The number of carbonyl (C=O) groups is 6. The maximum absolute atomic E-state index is 13.7. The zero-order valence-electron chi connectivity index (χ0n) is 42.4. The highest BCUT2D eigenvalue weighted by Crippen LogP contribution is 2.30. The molecule has 3 aromatic carbocycles. The number of aromatic hydroxyl groups is 2. The second-order valence-electron chi connectivity index (χ2n) is 19.9. The summed E-state index contributed by atoms with van der Waals surface area (Å²) in [5.41, 5.74) is 1.10. The fourth-order valence-electron chi connectivity index (χ4n) is 8.29. The van der Waals surface area contributed by atoms with E-state index in [1.165, 1.54) is 48.3 Å². The van der Waals surface area contributed by atoms with Crippen LogP contribution in [-0.2, 0) is 71.9 Å². The van der Waals surface area contributed by atoms with E-state index in [4.69, 9.17) is 28.8 Å². The van der Waals surface area contributed by atoms with E-state index in [1.54, 1.807) is 24.3 Å². The Kier molecular flexibility index (Phi) is 22.3. The molecule has 0 radical (unpaired) electrons. The average molecular weight is 991 g/mol. The molecule has 6 atom stereocenters. The van der Waals surface area contributed by atoms with Gasteiger partial charge in [-0.25, -0.2) is 9.59 Å². The summed E-state index contributed by atoms with van der Waals surface area (Å²) < 4.78 is 27.3. The Labute approximate surface area is 417 Å². The van der Waals surface area contributed by atoms with Crippen LogP contribution in [0, 0.1) is 10.8 Å². The molecular formula is C53H74N4O14. The maximum Gasteiger partial charge on any atom is 0.328 e. The number of phenols is 2. The summed E-state index contributed by atoms with van der Waals surface area (Å²) in [6.07, 6.45) is 1.05. The van der Waals surface area contributed by atoms with Gasteiger partial charge in [0.25, 0.3) is 0 Å². The van der Waals surface area contributed by atoms with E-state index >= 15 is 0 Å². The van der Waals surface area contributed by atoms with E-state index in [0.717, 1.165) is 5.56 Å². The van der Waals surface area contributed by atoms with E-state index < -0.39 is 46.9 Å². The topological polar surface area (TPSA) is 240 Å². The minimum atomic E-state index is -0.879. The van der Waals surface area contributed by atoms with Gasteiger partial charge in [0.1, 0.15) is 35.7 Å². The fourth-order valence-corrected chi connectivity index (χ4v) is 8.29. The van der Waals surface area contributed by atoms with Crippen LogP contribution in [0.3, 0.4) is 0 Å². The summed E-state index contributed by atoms with van der Waals surface area (Å²) in [6.45, 7) is 13.3. The standard InChI is InChI=1S/C30H40N2O7.C23H34N2O7/c1-30(2,3)27(31-26(34)17-22-12-8-13-23(33)16-22)28(35)32-19-24(18-25(32)29(36)37-4)39-15-9-14-38-20-21-10-6-5-7-11-21;1-23(2,3)20(24-19(28)12-15-7-5-8-16(27)11-15)21(29)25-14-17(32-10-6-9-26)13-18(25)22(30)31-4/h5-8,10-13,16,24-25,27,33H,9,14-15,17-20H2,1-4H3,(H,31,34);5,7-8,11,17-18,20,26-27H,6,9-10,12-14H2,1-4H3,(H,24,28)/t24-,25+,27-;17-,18+,20-/m11/s1. The Hall–Kier alpha value is -6.08. The third-order valence-corrected chi connectivity index (χ3v) is 12.0. The Morgan fingerprint density at radius 1 is 0.606 bits per heavy atom. The van der Waals surface area contributed by atoms with Crippen LogP contribution in [-0.4, -0.2) is 151 Å². The van der Waals surface area contributed by atoms with Gasteiger partial charge in [-0.1, -0.05) is 96.1 Å². The van der Waals surface area contributed by atoms with Gasteiger partial charge in [-0.15, -0.1) is 0 Å². The lowest BCUT2D eigenvalue weighted by Gasteiger charge is -2.35. The summed E-state index contributed by atoms with van der Waals surface area (Å²) in [4.78, 5) is 80.6. The molecule has 0 bridgehead atoms. The minimum absolute atomic E-state index is 0.00157. The van der Waals surface area contributed by atoms with Crippen molar-refractivity contribution in [3.05, 3.63) is 95.6 Å². The first-order valence-corrected chi connectivity index (χ1v) is 24.0. The number of hydrogen-bond donors (Lipinski definition) is 5. The summed E-state index contributed by atoms with van der Waals surface area (Å²) >= 11 is 0. The first-order valence-electron chi connectivity index (χ1n) is 24.0. The second-order valence-corrected chi connectivity index (χ2v) is 19.9. The third-order valence-electron chi connectivity index (χ3n) is 12.0. The molecule has 2 aliphatic heterocycles. The van der Waals surface area contributed by atoms with E-state index in [2.05, 4.69) is 10.6 Å². The molecule has 2 fully saturated rings. The highest BCUT2D eigenvalue weighted by atomic mass is 16.5.